The second-order valence-electron chi connectivity index (χ2n) is 4.42. The van der Waals surface area contributed by atoms with Crippen LogP contribution >= 0.6 is 11.6 Å². The number of hydrogen-bond acceptors (Lipinski definition) is 3. The molecule has 0 unspecified atom stereocenters. The Morgan fingerprint density at radius 3 is 2.29 bits per heavy atom. The third-order valence-electron chi connectivity index (χ3n) is 2.59. The topological polar surface area (TPSA) is 87.3 Å². The highest BCUT2D eigenvalue weighted by atomic mass is 35.5. The lowest BCUT2D eigenvalue weighted by molar-refractivity contribution is -0.120. The molecule has 0 aromatic heterocycles. The van der Waals surface area contributed by atoms with Gasteiger partial charge in [0.2, 0.25) is 5.91 Å². The second kappa shape index (κ2) is 8.97. The van der Waals surface area contributed by atoms with Crippen LogP contribution in [0.25, 0.3) is 0 Å². The molecule has 0 saturated carbocycles. The maximum Gasteiger partial charge on any atom is 0.329 e. The Morgan fingerprint density at radius 1 is 1.00 bits per heavy atom. The summed E-state index contributed by atoms with van der Waals surface area (Å²) in [4.78, 5) is 34.3. The van der Waals surface area contributed by atoms with Crippen LogP contribution in [0.5, 0.6) is 0 Å². The zero-order valence-corrected chi connectivity index (χ0v) is 12.5. The molecule has 1 rings (SSSR count). The summed E-state index contributed by atoms with van der Waals surface area (Å²) in [5, 5.41) is 7.09. The van der Waals surface area contributed by atoms with Crippen LogP contribution in [0.15, 0.2) is 24.3 Å². The van der Waals surface area contributed by atoms with Crippen molar-refractivity contribution in [3.8, 4) is 0 Å². The summed E-state index contributed by atoms with van der Waals surface area (Å²) in [6, 6.07) is 4.83. The van der Waals surface area contributed by atoms with Gasteiger partial charge in [0.05, 0.1) is 0 Å². The van der Waals surface area contributed by atoms with E-state index in [9.17, 15) is 14.4 Å². The van der Waals surface area contributed by atoms with E-state index in [2.05, 4.69) is 10.6 Å². The van der Waals surface area contributed by atoms with Crippen molar-refractivity contribution in [3.63, 3.8) is 0 Å². The van der Waals surface area contributed by atoms with Gasteiger partial charge in [-0.2, -0.15) is 0 Å². The van der Waals surface area contributed by atoms with E-state index in [1.807, 2.05) is 12.2 Å². The molecule has 7 heteroatoms. The number of nitrogens with one attached hydrogen (secondary N) is 3. The van der Waals surface area contributed by atoms with Crippen LogP contribution in [0.2, 0.25) is 5.02 Å². The number of imide groups is 2. The summed E-state index contributed by atoms with van der Waals surface area (Å²) in [5.41, 5.74) is 0.485. The van der Waals surface area contributed by atoms with Gasteiger partial charge >= 0.3 is 12.1 Å². The maximum atomic E-state index is 11.5. The molecule has 0 radical (unpaired) electrons. The zero-order valence-electron chi connectivity index (χ0n) is 11.7. The fourth-order valence-electron chi connectivity index (χ4n) is 1.55. The third-order valence-corrected chi connectivity index (χ3v) is 2.84. The van der Waals surface area contributed by atoms with Crippen molar-refractivity contribution in [1.29, 1.82) is 0 Å². The predicted octanol–water partition coefficient (Wildman–Crippen LogP) is 3.28. The van der Waals surface area contributed by atoms with Gasteiger partial charge in [-0.25, -0.2) is 9.59 Å². The number of unbranched alkanes of at least 4 members (excludes halogenated alkanes) is 2. The summed E-state index contributed by atoms with van der Waals surface area (Å²) in [5.74, 6) is -0.403. The summed E-state index contributed by atoms with van der Waals surface area (Å²) < 4.78 is 0. The normalized spacial score (nSPS) is 9.81. The average molecular weight is 312 g/mol. The SMILES string of the molecule is CCCCCC(=O)NC(=O)NC(=O)Nc1ccc(Cl)cc1. The molecule has 0 spiro atoms. The van der Waals surface area contributed by atoms with Gasteiger partial charge < -0.3 is 5.32 Å². The average Bonchev–Trinajstić information content (AvgIpc) is 2.41. The molecule has 1 aromatic rings. The third kappa shape index (κ3) is 7.31. The molecule has 6 nitrogen and oxygen atoms in total. The summed E-state index contributed by atoms with van der Waals surface area (Å²) in [6.07, 6.45) is 2.89. The Balaban J connectivity index is 2.31. The first kappa shape index (κ1) is 17.0. The standard InChI is InChI=1S/C14H18ClN3O3/c1-2-3-4-5-12(19)17-14(21)18-13(20)16-11-8-6-10(15)7-9-11/h6-9H,2-5H2,1H3,(H3,16,17,18,19,20,21). The molecule has 0 fully saturated rings. The van der Waals surface area contributed by atoms with E-state index in [1.165, 1.54) is 0 Å². The van der Waals surface area contributed by atoms with Gasteiger partial charge in [-0.1, -0.05) is 31.4 Å². The molecule has 5 amide bonds. The lowest BCUT2D eigenvalue weighted by Gasteiger charge is -2.07. The van der Waals surface area contributed by atoms with Gasteiger partial charge in [0.1, 0.15) is 0 Å². The number of halogens is 1. The summed E-state index contributed by atoms with van der Waals surface area (Å²) in [7, 11) is 0. The Bertz CT molecular complexity index is 503. The molecule has 0 heterocycles. The summed E-state index contributed by atoms with van der Waals surface area (Å²) in [6.45, 7) is 2.02. The second-order valence-corrected chi connectivity index (χ2v) is 4.86. The Kier molecular flexibility index (Phi) is 7.25. The predicted molar refractivity (Wildman–Crippen MR) is 81.3 cm³/mol. The number of rotatable bonds is 5. The van der Waals surface area contributed by atoms with Gasteiger partial charge in [-0.15, -0.1) is 0 Å². The van der Waals surface area contributed by atoms with Crippen molar-refractivity contribution in [2.24, 2.45) is 0 Å². The minimum atomic E-state index is -0.844. The molecule has 1 aromatic carbocycles. The first-order valence-electron chi connectivity index (χ1n) is 6.68. The van der Waals surface area contributed by atoms with Crippen molar-refractivity contribution >= 4 is 35.3 Å². The van der Waals surface area contributed by atoms with E-state index in [-0.39, 0.29) is 6.42 Å². The molecule has 21 heavy (non-hydrogen) atoms. The molecular formula is C14H18ClN3O3. The molecule has 0 aliphatic heterocycles. The van der Waals surface area contributed by atoms with Crippen LogP contribution in [0.1, 0.15) is 32.6 Å². The van der Waals surface area contributed by atoms with Gasteiger partial charge in [0.25, 0.3) is 0 Å². The minimum absolute atomic E-state index is 0.264. The van der Waals surface area contributed by atoms with Crippen LogP contribution in [0, 0.1) is 0 Å². The van der Waals surface area contributed by atoms with Crippen molar-refractivity contribution in [3.05, 3.63) is 29.3 Å². The molecule has 0 saturated heterocycles. The Labute approximate surface area is 128 Å². The van der Waals surface area contributed by atoms with E-state index < -0.39 is 18.0 Å². The molecule has 3 N–H and O–H groups in total. The van der Waals surface area contributed by atoms with E-state index in [1.54, 1.807) is 24.3 Å². The first-order chi connectivity index (χ1) is 10.0. The van der Waals surface area contributed by atoms with E-state index in [0.717, 1.165) is 12.8 Å². The van der Waals surface area contributed by atoms with E-state index in [0.29, 0.717) is 17.1 Å². The fraction of sp³-hybridized carbons (Fsp3) is 0.357. The van der Waals surface area contributed by atoms with Crippen molar-refractivity contribution < 1.29 is 14.4 Å². The van der Waals surface area contributed by atoms with Crippen LogP contribution in [0.3, 0.4) is 0 Å². The van der Waals surface area contributed by atoms with Crippen LogP contribution in [-0.2, 0) is 4.79 Å². The summed E-state index contributed by atoms with van der Waals surface area (Å²) >= 11 is 5.71. The van der Waals surface area contributed by atoms with Crippen molar-refractivity contribution in [2.45, 2.75) is 32.6 Å². The van der Waals surface area contributed by atoms with Gasteiger partial charge in [-0.05, 0) is 30.7 Å². The lowest BCUT2D eigenvalue weighted by Crippen LogP contribution is -2.44. The van der Waals surface area contributed by atoms with Gasteiger partial charge in [0, 0.05) is 17.1 Å². The van der Waals surface area contributed by atoms with Gasteiger partial charge in [0.15, 0.2) is 0 Å². The molecule has 0 atom stereocenters. The Hall–Kier alpha value is -2.08. The van der Waals surface area contributed by atoms with Crippen LogP contribution < -0.4 is 16.0 Å². The highest BCUT2D eigenvalue weighted by Crippen LogP contribution is 2.12. The largest absolute Gasteiger partial charge is 0.329 e. The molecule has 0 aliphatic rings. The minimum Gasteiger partial charge on any atom is -0.308 e. The smallest absolute Gasteiger partial charge is 0.308 e. The number of carbonyl (C=O) groups excluding carboxylic acids is 3. The van der Waals surface area contributed by atoms with Gasteiger partial charge in [-0.3, -0.25) is 15.4 Å². The highest BCUT2D eigenvalue weighted by molar-refractivity contribution is 6.30. The molecule has 0 aliphatic carbocycles. The highest BCUT2D eigenvalue weighted by Gasteiger charge is 2.10. The number of carbonyl (C=O) groups is 3. The van der Waals surface area contributed by atoms with E-state index in [4.69, 9.17) is 11.6 Å². The zero-order chi connectivity index (χ0) is 15.7. The quantitative estimate of drug-likeness (QED) is 0.729. The number of anilines is 1. The molecule has 114 valence electrons. The maximum absolute atomic E-state index is 11.5. The molecule has 0 bridgehead atoms. The number of urea groups is 2. The first-order valence-corrected chi connectivity index (χ1v) is 7.06. The number of hydrogen-bond donors (Lipinski definition) is 3. The number of benzene rings is 1. The monoisotopic (exact) mass is 311 g/mol. The van der Waals surface area contributed by atoms with E-state index >= 15 is 0 Å². The van der Waals surface area contributed by atoms with Crippen molar-refractivity contribution in [1.82, 2.24) is 10.6 Å². The number of amides is 5. The lowest BCUT2D eigenvalue weighted by atomic mass is 10.2. The van der Waals surface area contributed by atoms with Crippen LogP contribution in [0.4, 0.5) is 15.3 Å². The Morgan fingerprint density at radius 2 is 1.67 bits per heavy atom. The molecular weight excluding hydrogens is 294 g/mol. The van der Waals surface area contributed by atoms with Crippen molar-refractivity contribution in [2.75, 3.05) is 5.32 Å². The van der Waals surface area contributed by atoms with Crippen LogP contribution in [-0.4, -0.2) is 18.0 Å². The fourth-order valence-corrected chi connectivity index (χ4v) is 1.68.